The summed E-state index contributed by atoms with van der Waals surface area (Å²) in [5.74, 6) is 0.932. The van der Waals surface area contributed by atoms with Crippen molar-refractivity contribution in [2.24, 2.45) is 0 Å². The summed E-state index contributed by atoms with van der Waals surface area (Å²) in [6, 6.07) is 5.61. The summed E-state index contributed by atoms with van der Waals surface area (Å²) >= 11 is 1.23. The van der Waals surface area contributed by atoms with Crippen LogP contribution in [0.25, 0.3) is 0 Å². The van der Waals surface area contributed by atoms with Crippen molar-refractivity contribution < 1.29 is 9.32 Å². The first kappa shape index (κ1) is 15.1. The highest BCUT2D eigenvalue weighted by molar-refractivity contribution is 8.00. The number of hydrogen-bond donors (Lipinski definition) is 1. The van der Waals surface area contributed by atoms with Crippen LogP contribution >= 0.6 is 11.8 Å². The van der Waals surface area contributed by atoms with Gasteiger partial charge in [0.2, 0.25) is 5.91 Å². The topological polar surface area (TPSA) is 91.8 Å². The number of rotatable bonds is 4. The molecule has 0 aliphatic rings. The number of amides is 1. The molecule has 0 saturated carbocycles. The Labute approximate surface area is 126 Å². The fraction of sp³-hybridized carbons (Fsp3) is 0.286. The number of nitrogens with zero attached hydrogens (tertiary/aromatic N) is 3. The van der Waals surface area contributed by atoms with Crippen LogP contribution in [0.4, 0.5) is 5.82 Å². The van der Waals surface area contributed by atoms with E-state index in [0.29, 0.717) is 22.2 Å². The Morgan fingerprint density at radius 3 is 2.81 bits per heavy atom. The quantitative estimate of drug-likeness (QED) is 0.873. The van der Waals surface area contributed by atoms with Crippen molar-refractivity contribution in [3.8, 4) is 6.07 Å². The Balaban J connectivity index is 2.03. The van der Waals surface area contributed by atoms with Gasteiger partial charge >= 0.3 is 0 Å². The molecule has 2 aromatic heterocycles. The van der Waals surface area contributed by atoms with E-state index >= 15 is 0 Å². The second-order valence-electron chi connectivity index (χ2n) is 4.53. The summed E-state index contributed by atoms with van der Waals surface area (Å²) in [4.78, 5) is 16.2. The lowest BCUT2D eigenvalue weighted by atomic mass is 10.1. The molecule has 0 aliphatic carbocycles. The fourth-order valence-corrected chi connectivity index (χ4v) is 2.68. The Morgan fingerprint density at radius 2 is 2.19 bits per heavy atom. The van der Waals surface area contributed by atoms with Gasteiger partial charge in [0.05, 0.1) is 11.3 Å². The Kier molecular flexibility index (Phi) is 4.60. The fourth-order valence-electron chi connectivity index (χ4n) is 1.78. The minimum absolute atomic E-state index is 0.149. The molecular weight excluding hydrogens is 288 g/mol. The van der Waals surface area contributed by atoms with Gasteiger partial charge in [0, 0.05) is 11.8 Å². The first-order valence-corrected chi connectivity index (χ1v) is 7.22. The molecule has 1 N–H and O–H groups in total. The van der Waals surface area contributed by atoms with Crippen molar-refractivity contribution in [3.63, 3.8) is 0 Å². The van der Waals surface area contributed by atoms with E-state index in [1.165, 1.54) is 11.8 Å². The van der Waals surface area contributed by atoms with Gasteiger partial charge in [0.25, 0.3) is 0 Å². The number of hydrogen-bond acceptors (Lipinski definition) is 6. The van der Waals surface area contributed by atoms with Gasteiger partial charge < -0.3 is 9.84 Å². The predicted octanol–water partition coefficient (Wildman–Crippen LogP) is 2.60. The van der Waals surface area contributed by atoms with E-state index < -0.39 is 0 Å². The molecule has 0 unspecified atom stereocenters. The largest absolute Gasteiger partial charge is 0.360 e. The van der Waals surface area contributed by atoms with Crippen LogP contribution in [0.1, 0.15) is 22.6 Å². The molecule has 2 heterocycles. The maximum Gasteiger partial charge on any atom is 0.236 e. The van der Waals surface area contributed by atoms with Gasteiger partial charge in [-0.1, -0.05) is 16.9 Å². The zero-order valence-corrected chi connectivity index (χ0v) is 12.7. The van der Waals surface area contributed by atoms with E-state index in [-0.39, 0.29) is 11.7 Å². The normalized spacial score (nSPS) is 10.2. The Bertz CT molecular complexity index is 718. The summed E-state index contributed by atoms with van der Waals surface area (Å²) in [7, 11) is 0. The molecule has 0 radical (unpaired) electrons. The van der Waals surface area contributed by atoms with Crippen molar-refractivity contribution in [2.75, 3.05) is 11.1 Å². The van der Waals surface area contributed by atoms with Crippen LogP contribution < -0.4 is 5.32 Å². The van der Waals surface area contributed by atoms with Crippen molar-refractivity contribution in [2.45, 2.75) is 25.8 Å². The van der Waals surface area contributed by atoms with E-state index in [0.717, 1.165) is 11.3 Å². The molecule has 1 amide bonds. The van der Waals surface area contributed by atoms with Crippen LogP contribution in [0.2, 0.25) is 0 Å². The third kappa shape index (κ3) is 3.83. The van der Waals surface area contributed by atoms with Crippen LogP contribution in [0, 0.1) is 32.1 Å². The molecule has 0 atom stereocenters. The smallest absolute Gasteiger partial charge is 0.236 e. The number of nitrogens with one attached hydrogen (secondary N) is 1. The molecule has 7 heteroatoms. The lowest BCUT2D eigenvalue weighted by Gasteiger charge is -2.07. The van der Waals surface area contributed by atoms with E-state index in [9.17, 15) is 4.79 Å². The third-order valence-electron chi connectivity index (χ3n) is 2.66. The van der Waals surface area contributed by atoms with Gasteiger partial charge in [0.1, 0.15) is 16.9 Å². The first-order valence-electron chi connectivity index (χ1n) is 6.24. The van der Waals surface area contributed by atoms with Crippen LogP contribution in [-0.4, -0.2) is 21.8 Å². The SMILES string of the molecule is Cc1cc(C)c(C#N)c(SCC(=O)Nc2cc(C)on2)n1. The second kappa shape index (κ2) is 6.41. The van der Waals surface area contributed by atoms with Crippen LogP contribution in [0.5, 0.6) is 0 Å². The molecule has 0 fully saturated rings. The molecule has 0 aliphatic heterocycles. The number of thioether (sulfide) groups is 1. The average molecular weight is 302 g/mol. The molecule has 0 spiro atoms. The van der Waals surface area contributed by atoms with Gasteiger partial charge in [-0.3, -0.25) is 4.79 Å². The first-order chi connectivity index (χ1) is 9.99. The van der Waals surface area contributed by atoms with Crippen molar-refractivity contribution >= 4 is 23.5 Å². The predicted molar refractivity (Wildman–Crippen MR) is 79.0 cm³/mol. The second-order valence-corrected chi connectivity index (χ2v) is 5.50. The number of anilines is 1. The van der Waals surface area contributed by atoms with Gasteiger partial charge in [0.15, 0.2) is 5.82 Å². The number of carbonyl (C=O) groups excluding carboxylic acids is 1. The third-order valence-corrected chi connectivity index (χ3v) is 3.63. The highest BCUT2D eigenvalue weighted by Crippen LogP contribution is 2.23. The molecule has 21 heavy (non-hydrogen) atoms. The van der Waals surface area contributed by atoms with Gasteiger partial charge in [-0.25, -0.2) is 4.98 Å². The van der Waals surface area contributed by atoms with Crippen molar-refractivity contribution in [1.82, 2.24) is 10.1 Å². The zero-order valence-electron chi connectivity index (χ0n) is 11.9. The molecule has 2 aromatic rings. The minimum Gasteiger partial charge on any atom is -0.360 e. The number of aryl methyl sites for hydroxylation is 3. The lowest BCUT2D eigenvalue weighted by molar-refractivity contribution is -0.113. The number of carbonyl (C=O) groups is 1. The summed E-state index contributed by atoms with van der Waals surface area (Å²) in [6.45, 7) is 5.46. The molecule has 2 rings (SSSR count). The summed E-state index contributed by atoms with van der Waals surface area (Å²) in [6.07, 6.45) is 0. The average Bonchev–Trinajstić information content (AvgIpc) is 2.81. The summed E-state index contributed by atoms with van der Waals surface area (Å²) in [5.41, 5.74) is 2.19. The molecule has 108 valence electrons. The highest BCUT2D eigenvalue weighted by Gasteiger charge is 2.12. The molecule has 0 bridgehead atoms. The number of aromatic nitrogens is 2. The molecule has 6 nitrogen and oxygen atoms in total. The number of nitriles is 1. The maximum atomic E-state index is 11.8. The maximum absolute atomic E-state index is 11.8. The standard InChI is InChI=1S/C14H14N4O2S/c1-8-4-9(2)16-14(11(8)6-15)21-7-13(19)17-12-5-10(3)20-18-12/h4-5H,7H2,1-3H3,(H,17,18,19). The van der Waals surface area contributed by atoms with Crippen molar-refractivity contribution in [1.29, 1.82) is 5.26 Å². The summed E-state index contributed by atoms with van der Waals surface area (Å²) < 4.78 is 4.87. The van der Waals surface area contributed by atoms with Crippen LogP contribution in [0.15, 0.2) is 21.7 Å². The lowest BCUT2D eigenvalue weighted by Crippen LogP contribution is -2.14. The van der Waals surface area contributed by atoms with E-state index in [1.807, 2.05) is 19.9 Å². The van der Waals surface area contributed by atoms with Crippen molar-refractivity contribution in [3.05, 3.63) is 34.7 Å². The van der Waals surface area contributed by atoms with E-state index in [1.54, 1.807) is 13.0 Å². The zero-order chi connectivity index (χ0) is 15.4. The van der Waals surface area contributed by atoms with Crippen LogP contribution in [-0.2, 0) is 4.79 Å². The summed E-state index contributed by atoms with van der Waals surface area (Å²) in [5, 5.41) is 16.1. The Hall–Kier alpha value is -2.33. The van der Waals surface area contributed by atoms with E-state index in [2.05, 4.69) is 21.5 Å². The Morgan fingerprint density at radius 1 is 1.43 bits per heavy atom. The number of pyridine rings is 1. The molecule has 0 aromatic carbocycles. The van der Waals surface area contributed by atoms with Gasteiger partial charge in [-0.2, -0.15) is 5.26 Å². The van der Waals surface area contributed by atoms with Gasteiger partial charge in [-0.15, -0.1) is 0 Å². The molecule has 0 saturated heterocycles. The minimum atomic E-state index is -0.224. The van der Waals surface area contributed by atoms with Crippen LogP contribution in [0.3, 0.4) is 0 Å². The van der Waals surface area contributed by atoms with E-state index in [4.69, 9.17) is 9.78 Å². The highest BCUT2D eigenvalue weighted by atomic mass is 32.2. The van der Waals surface area contributed by atoms with Gasteiger partial charge in [-0.05, 0) is 32.4 Å². The molecular formula is C14H14N4O2S. The monoisotopic (exact) mass is 302 g/mol.